The Kier molecular flexibility index (Phi) is 26.6. The van der Waals surface area contributed by atoms with E-state index in [4.69, 9.17) is 299 Å². The van der Waals surface area contributed by atoms with Crippen LogP contribution < -0.4 is 194 Å². The van der Waals surface area contributed by atoms with Crippen molar-refractivity contribution in [1.29, 1.82) is 0 Å². The molecular weight excluding hydrogens is 1380 g/mol. The zero-order chi connectivity index (χ0) is 88.0. The van der Waals surface area contributed by atoms with Gasteiger partial charge in [0.1, 0.15) is 263 Å². The van der Waals surface area contributed by atoms with Crippen molar-refractivity contribution in [3.8, 4) is 48.5 Å². The van der Waals surface area contributed by atoms with Crippen molar-refractivity contribution in [1.82, 2.24) is 0 Å². The van der Waals surface area contributed by atoms with Crippen molar-refractivity contribution < 1.29 is 4.74 Å². The molecule has 2 unspecified atom stereocenters. The van der Waals surface area contributed by atoms with Gasteiger partial charge in [0, 0.05) is 64.3 Å². The first-order valence-corrected chi connectivity index (χ1v) is 36.5. The summed E-state index contributed by atoms with van der Waals surface area (Å²) in [6, 6.07) is 6.05. The quantitative estimate of drug-likeness (QED) is 0.0484. The Bertz CT molecular complexity index is 5890. The first kappa shape index (κ1) is 91.5. The zero-order valence-corrected chi connectivity index (χ0v) is 66.0. The van der Waals surface area contributed by atoms with Crippen LogP contribution in [0.3, 0.4) is 0 Å². The lowest BCUT2D eigenvalue weighted by atomic mass is 9.28. The first-order chi connectivity index (χ1) is 55.1. The predicted molar refractivity (Wildman–Crippen MR) is 540 cm³/mol. The highest BCUT2D eigenvalue weighted by Gasteiger charge is 2.51. The zero-order valence-electron chi connectivity index (χ0n) is 66.0. The molecule has 42 heteroatoms. The van der Waals surface area contributed by atoms with Crippen molar-refractivity contribution in [3.63, 3.8) is 0 Å². The highest BCUT2D eigenvalue weighted by Crippen LogP contribution is 2.43. The third-order valence-electron chi connectivity index (χ3n) is 22.5. The first-order valence-electron chi connectivity index (χ1n) is 36.5. The number of hydrogen-bond donors (Lipinski definition) is 0. The molecule has 70 radical (unpaired) electrons. The van der Waals surface area contributed by atoms with Crippen LogP contribution in [-0.2, 0) is 0 Å². The van der Waals surface area contributed by atoms with E-state index in [-0.39, 0.29) is 278 Å². The smallest absolute Gasteiger partial charge is 0.255 e. The highest BCUT2D eigenvalue weighted by molar-refractivity contribution is 7.05. The molecule has 8 aromatic carbocycles. The molecule has 3 heterocycles. The minimum absolute atomic E-state index is 0.0167. The van der Waals surface area contributed by atoms with Crippen LogP contribution in [0.15, 0.2) is 62.2 Å². The number of hydrogen-bond acceptors (Lipinski definition) is 5. The number of terminal acetylenes is 3. The summed E-state index contributed by atoms with van der Waals surface area (Å²) in [6.45, 7) is 8.52. The van der Waals surface area contributed by atoms with Gasteiger partial charge >= 0.3 is 0 Å². The Morgan fingerprint density at radius 3 is 1.24 bits per heavy atom. The molecule has 5 nitrogen and oxygen atoms in total. The summed E-state index contributed by atoms with van der Waals surface area (Å²) in [5.74, 6) is 3.42. The largest absolute Gasteiger partial charge is 0.460 e. The number of nitrogens with zero attached hydrogens (tertiary/aromatic N) is 4. The van der Waals surface area contributed by atoms with Crippen LogP contribution in [0.1, 0.15) is 76.0 Å². The fourth-order valence-corrected chi connectivity index (χ4v) is 16.0. The van der Waals surface area contributed by atoms with E-state index in [1.807, 2.05) is 33.8 Å². The van der Waals surface area contributed by atoms with E-state index in [9.17, 15) is 0 Å². The second-order valence-corrected chi connectivity index (χ2v) is 30.2. The minimum Gasteiger partial charge on any atom is -0.460 e. The summed E-state index contributed by atoms with van der Waals surface area (Å²) in [5, 5.41) is 0. The molecule has 0 N–H and O–H groups in total. The van der Waals surface area contributed by atoms with Gasteiger partial charge in [0.15, 0.2) is 0 Å². The van der Waals surface area contributed by atoms with Crippen molar-refractivity contribution >= 4 is 509 Å². The van der Waals surface area contributed by atoms with Gasteiger partial charge < -0.3 is 24.3 Å². The summed E-state index contributed by atoms with van der Waals surface area (Å²) in [4.78, 5) is 5.60. The van der Waals surface area contributed by atoms with Crippen LogP contribution in [-0.4, -0.2) is 301 Å². The Morgan fingerprint density at radius 1 is 0.381 bits per heavy atom. The molecule has 0 amide bonds. The molecule has 0 fully saturated rings. The van der Waals surface area contributed by atoms with Gasteiger partial charge in [-0.2, -0.15) is 0 Å². The normalized spacial score (nSPS) is 13.9. The van der Waals surface area contributed by atoms with Gasteiger partial charge in [0.25, 0.3) is 6.71 Å². The molecule has 11 rings (SSSR count). The maximum absolute atomic E-state index is 8.58. The molecule has 118 heavy (non-hydrogen) atoms. The lowest BCUT2D eigenvalue weighted by molar-refractivity contribution is 0.496. The summed E-state index contributed by atoms with van der Waals surface area (Å²) in [5.41, 5.74) is -6.66. The van der Waals surface area contributed by atoms with Gasteiger partial charge in [-0.05, 0) is 73.4 Å². The molecule has 8 aromatic rings. The minimum atomic E-state index is -1.43. The average molecular weight is 1420 g/mol. The average Bonchev–Trinajstić information content (AvgIpc) is 0.674. The topological polar surface area (TPSA) is 22.2 Å². The van der Waals surface area contributed by atoms with Gasteiger partial charge in [0.05, 0.1) is 29.2 Å². The summed E-state index contributed by atoms with van der Waals surface area (Å²) in [6.07, 6.45) is 18.2. The van der Waals surface area contributed by atoms with E-state index in [0.29, 0.717) is 5.46 Å². The predicted octanol–water partition coefficient (Wildman–Crippen LogP) is -20.0. The summed E-state index contributed by atoms with van der Waals surface area (Å²) < 4.78 is 7.17. The third kappa shape index (κ3) is 14.4. The molecule has 0 saturated heterocycles. The van der Waals surface area contributed by atoms with Crippen LogP contribution in [0.2, 0.25) is 18.0 Å². The van der Waals surface area contributed by atoms with E-state index in [2.05, 4.69) is 43.7 Å². The van der Waals surface area contributed by atoms with Crippen molar-refractivity contribution in [3.05, 3.63) is 78.9 Å². The SMILES string of the molecule is [B]C/C([B])=C([B])\C([B])=C(/C#C)N(c1c([B])c([B])c([B])c([B])c1[B])c1c([B])c([B])c2c(c1[B])N(c1c([B])c([B])c([B])c([B])c1[B])c1c(cc3c(c1[B])N(CC([B])/C([B])=C(/[B])C#C)c1c([B])c(N(CC([B])/C([B])=C(/[B])C#C)c4c([B])c([B])c([B])c([B])c4[B])c([B])c4c1B3c1c([B])c([B])c([B])c([B])c1O4)B2c1c(C(C)C)cc(C(C)C)cc1C(C)C. The lowest BCUT2D eigenvalue weighted by Gasteiger charge is -2.50. The number of benzene rings is 8. The second-order valence-electron chi connectivity index (χ2n) is 30.2. The fourth-order valence-electron chi connectivity index (χ4n) is 16.0. The standard InChI is InChI=1S/C76H35B37N4O/c1-10-25(78)33(83)28(81)17-114-66-30(113-64-48(98)40(90)47(97)57(107)75(64)118-76-61(111)69(59(109)73(114)65(76)113)115(18-29(82)34(84)26(79)11-2)68-50(100)41(91)37(87)42(92)51(68)101)15-31-67(58(66)108)117(71-54(104)45(95)39(89)46(96)55(71)105)74-60(110)72(56(106)49(99)63(74)112(31)62-23(20(6)7)13-22(19(4)5)14-24(62)21(8)9)116(32(12-3)36(86)35(85)27(80)16-77)70-52(102)43(93)38(88)44(94)53(70)103/h1-3,13-15,19-21,28-29H,16-18H2,4-9H3/b33-25-,34-26-,35-27-,36-32-. The number of ether oxygens (including phenoxy) is 1. The summed E-state index contributed by atoms with van der Waals surface area (Å²) in [7, 11) is 249. The maximum Gasteiger partial charge on any atom is 0.255 e. The van der Waals surface area contributed by atoms with E-state index in [0.717, 1.165) is 21.6 Å². The van der Waals surface area contributed by atoms with Gasteiger partial charge in [0.2, 0.25) is 6.71 Å². The summed E-state index contributed by atoms with van der Waals surface area (Å²) >= 11 is 0. The molecule has 0 bridgehead atoms. The molecule has 0 spiro atoms. The molecule has 3 aliphatic rings. The van der Waals surface area contributed by atoms with Gasteiger partial charge in [-0.15, -0.1) is 112 Å². The highest BCUT2D eigenvalue weighted by atomic mass is 16.5. The number of allylic oxidation sites excluding steroid dienone is 6. The van der Waals surface area contributed by atoms with Crippen LogP contribution in [0.25, 0.3) is 0 Å². The molecule has 0 aromatic heterocycles. The number of fused-ring (bicyclic) bond motifs is 6. The van der Waals surface area contributed by atoms with E-state index in [1.54, 1.807) is 4.90 Å². The molecule has 0 saturated carbocycles. The third-order valence-corrected chi connectivity index (χ3v) is 22.5. The van der Waals surface area contributed by atoms with Crippen molar-refractivity contribution in [2.75, 3.05) is 32.7 Å². The van der Waals surface area contributed by atoms with Gasteiger partial charge in [-0.25, -0.2) is 0 Å². The monoisotopic (exact) mass is 1430 g/mol. The van der Waals surface area contributed by atoms with Crippen molar-refractivity contribution in [2.24, 2.45) is 0 Å². The Hall–Kier alpha value is -7.20. The van der Waals surface area contributed by atoms with Crippen LogP contribution >= 0.6 is 0 Å². The van der Waals surface area contributed by atoms with E-state index >= 15 is 0 Å². The van der Waals surface area contributed by atoms with E-state index < -0.39 is 54.8 Å². The molecule has 3 aliphatic heterocycles. The van der Waals surface area contributed by atoms with Gasteiger partial charge in [-0.1, -0.05) is 171 Å². The Balaban J connectivity index is 1.50. The van der Waals surface area contributed by atoms with Crippen LogP contribution in [0, 0.1) is 37.0 Å². The number of rotatable bonds is 18. The molecule has 476 valence electrons. The Morgan fingerprint density at radius 2 is 0.771 bits per heavy atom. The van der Waals surface area contributed by atoms with Crippen LogP contribution in [0.4, 0.5) is 51.2 Å². The number of anilines is 9. The molecule has 0 aliphatic carbocycles. The molecular formula is C76H35B37N4O. The van der Waals surface area contributed by atoms with Gasteiger partial charge in [-0.3, -0.25) is 0 Å². The lowest BCUT2D eigenvalue weighted by Crippen LogP contribution is -2.73. The van der Waals surface area contributed by atoms with Crippen molar-refractivity contribution in [2.45, 2.75) is 77.3 Å². The van der Waals surface area contributed by atoms with E-state index in [1.165, 1.54) is 9.80 Å². The Labute approximate surface area is 744 Å². The van der Waals surface area contributed by atoms with Crippen LogP contribution in [0.5, 0.6) is 11.5 Å². The second kappa shape index (κ2) is 34.3. The maximum atomic E-state index is 8.58. The fraction of sp³-hybridized carbons (Fsp3) is 0.184. The molecule has 2 atom stereocenters.